The summed E-state index contributed by atoms with van der Waals surface area (Å²) in [6.07, 6.45) is -0.403. The maximum atomic E-state index is 12.8. The van der Waals surface area contributed by atoms with Gasteiger partial charge < -0.3 is 15.1 Å². The first-order valence-corrected chi connectivity index (χ1v) is 8.62. The third-order valence-corrected chi connectivity index (χ3v) is 5.18. The van der Waals surface area contributed by atoms with Gasteiger partial charge in [0, 0.05) is 44.3 Å². The number of rotatable bonds is 3. The normalized spacial score (nSPS) is 24.6. The molecule has 2 unspecified atom stereocenters. The molecule has 1 aliphatic heterocycles. The van der Waals surface area contributed by atoms with Crippen LogP contribution >= 0.6 is 0 Å². The molecule has 1 saturated carbocycles. The topological polar surface area (TPSA) is 48.5 Å². The van der Waals surface area contributed by atoms with Crippen LogP contribution in [0.1, 0.15) is 24.8 Å². The number of hydrogen-bond acceptors (Lipinski definition) is 4. The minimum absolute atomic E-state index is 0.0654. The van der Waals surface area contributed by atoms with Crippen LogP contribution in [0.4, 0.5) is 19.0 Å². The quantitative estimate of drug-likeness (QED) is 0.902. The molecule has 0 bridgehead atoms. The molecule has 2 aliphatic rings. The van der Waals surface area contributed by atoms with E-state index in [4.69, 9.17) is 0 Å². The van der Waals surface area contributed by atoms with Crippen molar-refractivity contribution in [2.24, 2.45) is 5.92 Å². The second-order valence-electron chi connectivity index (χ2n) is 6.71. The van der Waals surface area contributed by atoms with Crippen LogP contribution in [-0.4, -0.2) is 55.1 Å². The largest absolute Gasteiger partial charge is 0.416 e. The highest BCUT2D eigenvalue weighted by Crippen LogP contribution is 2.31. The summed E-state index contributed by atoms with van der Waals surface area (Å²) in [6.45, 7) is 2.05. The number of aromatic nitrogens is 1. The highest BCUT2D eigenvalue weighted by molar-refractivity contribution is 5.79. The maximum Gasteiger partial charge on any atom is 0.416 e. The number of nitrogens with zero attached hydrogens (tertiary/aromatic N) is 3. The van der Waals surface area contributed by atoms with Crippen LogP contribution in [-0.2, 0) is 11.0 Å². The summed E-state index contributed by atoms with van der Waals surface area (Å²) >= 11 is 0. The fraction of sp³-hybridized carbons (Fsp3) is 0.647. The Balaban J connectivity index is 1.58. The minimum atomic E-state index is -4.37. The average Bonchev–Trinajstić information content (AvgIpc) is 3.10. The highest BCUT2D eigenvalue weighted by atomic mass is 19.4. The van der Waals surface area contributed by atoms with E-state index in [-0.39, 0.29) is 11.8 Å². The van der Waals surface area contributed by atoms with E-state index in [9.17, 15) is 18.0 Å². The third kappa shape index (κ3) is 4.05. The summed E-state index contributed by atoms with van der Waals surface area (Å²) in [5.41, 5.74) is -0.694. The first kappa shape index (κ1) is 18.0. The van der Waals surface area contributed by atoms with Gasteiger partial charge >= 0.3 is 6.18 Å². The Bertz CT molecular complexity index is 614. The molecule has 25 heavy (non-hydrogen) atoms. The molecule has 138 valence electrons. The van der Waals surface area contributed by atoms with E-state index in [0.717, 1.165) is 31.4 Å². The number of amides is 1. The van der Waals surface area contributed by atoms with Crippen LogP contribution in [0.15, 0.2) is 18.3 Å². The minimum Gasteiger partial charge on any atom is -0.353 e. The van der Waals surface area contributed by atoms with Crippen molar-refractivity contribution >= 4 is 11.7 Å². The third-order valence-electron chi connectivity index (χ3n) is 5.18. The number of anilines is 1. The van der Waals surface area contributed by atoms with Gasteiger partial charge in [0.15, 0.2) is 0 Å². The zero-order chi connectivity index (χ0) is 18.0. The Hall–Kier alpha value is -1.83. The number of carbonyl (C=O) groups excluding carboxylic acids is 1. The second-order valence-corrected chi connectivity index (χ2v) is 6.71. The van der Waals surface area contributed by atoms with Crippen LogP contribution < -0.4 is 10.2 Å². The van der Waals surface area contributed by atoms with Gasteiger partial charge in [0.25, 0.3) is 0 Å². The van der Waals surface area contributed by atoms with Gasteiger partial charge in [0.05, 0.1) is 5.56 Å². The number of nitrogens with one attached hydrogen (secondary N) is 1. The van der Waals surface area contributed by atoms with Crippen LogP contribution in [0, 0.1) is 5.92 Å². The summed E-state index contributed by atoms with van der Waals surface area (Å²) in [6, 6.07) is 2.46. The van der Waals surface area contributed by atoms with Crippen molar-refractivity contribution in [2.45, 2.75) is 31.5 Å². The number of halogens is 3. The number of pyridine rings is 1. The van der Waals surface area contributed by atoms with Crippen molar-refractivity contribution in [3.8, 4) is 0 Å². The van der Waals surface area contributed by atoms with Crippen molar-refractivity contribution < 1.29 is 18.0 Å². The molecule has 1 aromatic rings. The molecule has 0 aromatic carbocycles. The molecular weight excluding hydrogens is 333 g/mol. The SMILES string of the molecule is CNC1CCC(C(=O)N2CCN(c3cc(C(F)(F)F)ccn3)CC2)C1. The van der Waals surface area contributed by atoms with E-state index in [1.165, 1.54) is 6.20 Å². The lowest BCUT2D eigenvalue weighted by Crippen LogP contribution is -2.50. The number of alkyl halides is 3. The van der Waals surface area contributed by atoms with Crippen LogP contribution in [0.3, 0.4) is 0 Å². The Kier molecular flexibility index (Phi) is 5.17. The average molecular weight is 356 g/mol. The Labute approximate surface area is 145 Å². The molecule has 1 aliphatic carbocycles. The Morgan fingerprint density at radius 3 is 2.56 bits per heavy atom. The van der Waals surface area contributed by atoms with Gasteiger partial charge in [0.1, 0.15) is 5.82 Å². The van der Waals surface area contributed by atoms with Gasteiger partial charge in [-0.15, -0.1) is 0 Å². The summed E-state index contributed by atoms with van der Waals surface area (Å²) in [7, 11) is 1.92. The highest BCUT2D eigenvalue weighted by Gasteiger charge is 2.34. The van der Waals surface area contributed by atoms with Crippen molar-refractivity contribution in [2.75, 3.05) is 38.1 Å². The first-order valence-electron chi connectivity index (χ1n) is 8.62. The maximum absolute atomic E-state index is 12.8. The summed E-state index contributed by atoms with van der Waals surface area (Å²) < 4.78 is 38.5. The summed E-state index contributed by atoms with van der Waals surface area (Å²) in [4.78, 5) is 20.3. The smallest absolute Gasteiger partial charge is 0.353 e. The predicted octanol–water partition coefficient (Wildman–Crippen LogP) is 2.14. The molecule has 0 spiro atoms. The van der Waals surface area contributed by atoms with Gasteiger partial charge in [0.2, 0.25) is 5.91 Å². The summed E-state index contributed by atoms with van der Waals surface area (Å²) in [5.74, 6) is 0.558. The standard InChI is InChI=1S/C17H23F3N4O/c1-21-14-3-2-12(10-14)16(25)24-8-6-23(7-9-24)15-11-13(4-5-22-15)17(18,19)20/h4-5,11-12,14,21H,2-3,6-10H2,1H3. The lowest BCUT2D eigenvalue weighted by atomic mass is 10.1. The van der Waals surface area contributed by atoms with Gasteiger partial charge in [-0.05, 0) is 38.4 Å². The second kappa shape index (κ2) is 7.19. The van der Waals surface area contributed by atoms with Crippen molar-refractivity contribution in [1.29, 1.82) is 0 Å². The van der Waals surface area contributed by atoms with E-state index in [1.54, 1.807) is 0 Å². The first-order chi connectivity index (χ1) is 11.9. The van der Waals surface area contributed by atoms with E-state index in [1.807, 2.05) is 16.8 Å². The Morgan fingerprint density at radius 2 is 1.96 bits per heavy atom. The zero-order valence-corrected chi connectivity index (χ0v) is 14.2. The molecule has 2 fully saturated rings. The molecule has 1 aromatic heterocycles. The molecule has 8 heteroatoms. The molecule has 1 saturated heterocycles. The summed E-state index contributed by atoms with van der Waals surface area (Å²) in [5, 5.41) is 3.22. The molecule has 5 nitrogen and oxygen atoms in total. The van der Waals surface area contributed by atoms with Gasteiger partial charge in [-0.3, -0.25) is 4.79 Å². The molecule has 0 radical (unpaired) electrons. The molecule has 3 rings (SSSR count). The van der Waals surface area contributed by atoms with Gasteiger partial charge in [-0.1, -0.05) is 0 Å². The van der Waals surface area contributed by atoms with E-state index >= 15 is 0 Å². The van der Waals surface area contributed by atoms with Crippen molar-refractivity contribution in [1.82, 2.24) is 15.2 Å². The molecule has 2 heterocycles. The lowest BCUT2D eigenvalue weighted by Gasteiger charge is -2.36. The predicted molar refractivity (Wildman–Crippen MR) is 88.2 cm³/mol. The monoisotopic (exact) mass is 356 g/mol. The van der Waals surface area contributed by atoms with Crippen molar-refractivity contribution in [3.05, 3.63) is 23.9 Å². The lowest BCUT2D eigenvalue weighted by molar-refractivity contribution is -0.137. The number of carbonyl (C=O) groups is 1. The van der Waals surface area contributed by atoms with Crippen molar-refractivity contribution in [3.63, 3.8) is 0 Å². The molecule has 1 amide bonds. The Morgan fingerprint density at radius 1 is 1.24 bits per heavy atom. The molecule has 2 atom stereocenters. The fourth-order valence-corrected chi connectivity index (χ4v) is 3.65. The number of piperazine rings is 1. The van der Waals surface area contributed by atoms with Gasteiger partial charge in [-0.2, -0.15) is 13.2 Å². The van der Waals surface area contributed by atoms with E-state index in [2.05, 4.69) is 10.3 Å². The van der Waals surface area contributed by atoms with E-state index in [0.29, 0.717) is 38.0 Å². The van der Waals surface area contributed by atoms with Crippen LogP contribution in [0.25, 0.3) is 0 Å². The van der Waals surface area contributed by atoms with E-state index < -0.39 is 11.7 Å². The zero-order valence-electron chi connectivity index (χ0n) is 14.2. The molecule has 1 N–H and O–H groups in total. The van der Waals surface area contributed by atoms with Crippen LogP contribution in [0.2, 0.25) is 0 Å². The number of hydrogen-bond donors (Lipinski definition) is 1. The molecular formula is C17H23F3N4O. The van der Waals surface area contributed by atoms with Crippen LogP contribution in [0.5, 0.6) is 0 Å². The fourth-order valence-electron chi connectivity index (χ4n) is 3.65. The van der Waals surface area contributed by atoms with Gasteiger partial charge in [-0.25, -0.2) is 4.98 Å².